The van der Waals surface area contributed by atoms with Crippen LogP contribution in [0.3, 0.4) is 0 Å². The van der Waals surface area contributed by atoms with Crippen LogP contribution in [0.2, 0.25) is 0 Å². The number of carbonyl (C=O) groups excluding carboxylic acids is 2. The first kappa shape index (κ1) is 29.3. The number of carbonyl (C=O) groups is 2. The summed E-state index contributed by atoms with van der Waals surface area (Å²) in [6, 6.07) is 14.7. The predicted octanol–water partition coefficient (Wildman–Crippen LogP) is 5.19. The number of fused-ring (bicyclic) bond motifs is 2. The molecule has 1 atom stereocenters. The minimum Gasteiger partial charge on any atom is -0.455 e. The molecule has 44 heavy (non-hydrogen) atoms. The van der Waals surface area contributed by atoms with E-state index in [1.165, 1.54) is 55.3 Å². The number of halogens is 2. The average molecular weight is 623 g/mol. The topological polar surface area (TPSA) is 134 Å². The van der Waals surface area contributed by atoms with Gasteiger partial charge in [0.1, 0.15) is 34.8 Å². The van der Waals surface area contributed by atoms with Crippen LogP contribution < -0.4 is 10.0 Å². The van der Waals surface area contributed by atoms with Gasteiger partial charge < -0.3 is 24.4 Å². The molecular weight excluding hydrogens is 594 g/mol. The van der Waals surface area contributed by atoms with Crippen LogP contribution in [-0.4, -0.2) is 62.6 Å². The first-order valence-corrected chi connectivity index (χ1v) is 15.5. The maximum Gasteiger partial charge on any atom is 0.270 e. The number of morpholine rings is 1. The number of furan rings is 1. The molecule has 1 saturated heterocycles. The van der Waals surface area contributed by atoms with Crippen molar-refractivity contribution in [1.29, 1.82) is 0 Å². The van der Waals surface area contributed by atoms with E-state index >= 15 is 0 Å². The Kier molecular flexibility index (Phi) is 7.59. The van der Waals surface area contributed by atoms with E-state index in [0.29, 0.717) is 21.9 Å². The number of ether oxygens (including phenoxy) is 1. The van der Waals surface area contributed by atoms with E-state index in [1.54, 1.807) is 24.3 Å². The number of amides is 2. The molecule has 0 radical (unpaired) electrons. The predicted molar refractivity (Wildman–Crippen MR) is 161 cm³/mol. The molecule has 1 unspecified atom stereocenters. The van der Waals surface area contributed by atoms with Gasteiger partial charge in [-0.25, -0.2) is 17.2 Å². The Morgan fingerprint density at radius 3 is 2.57 bits per heavy atom. The van der Waals surface area contributed by atoms with Gasteiger partial charge in [-0.2, -0.15) is 0 Å². The van der Waals surface area contributed by atoms with E-state index < -0.39 is 33.7 Å². The molecule has 0 aliphatic carbocycles. The van der Waals surface area contributed by atoms with E-state index in [0.717, 1.165) is 0 Å². The van der Waals surface area contributed by atoms with Crippen molar-refractivity contribution in [3.8, 4) is 11.3 Å². The number of para-hydroxylation sites is 1. The molecule has 5 aromatic rings. The third kappa shape index (κ3) is 5.40. The number of nitrogens with one attached hydrogen (secondary N) is 3. The maximum absolute atomic E-state index is 14.3. The highest BCUT2D eigenvalue weighted by molar-refractivity contribution is 7.92. The van der Waals surface area contributed by atoms with Crippen molar-refractivity contribution in [3.05, 3.63) is 89.1 Å². The van der Waals surface area contributed by atoms with Gasteiger partial charge in [0.15, 0.2) is 0 Å². The smallest absolute Gasteiger partial charge is 0.270 e. The van der Waals surface area contributed by atoms with E-state index in [2.05, 4.69) is 15.0 Å². The fourth-order valence-electron chi connectivity index (χ4n) is 5.34. The van der Waals surface area contributed by atoms with E-state index in [9.17, 15) is 26.8 Å². The van der Waals surface area contributed by atoms with E-state index in [4.69, 9.17) is 9.15 Å². The van der Waals surface area contributed by atoms with Crippen molar-refractivity contribution in [2.24, 2.45) is 0 Å². The van der Waals surface area contributed by atoms with Crippen LogP contribution >= 0.6 is 0 Å². The van der Waals surface area contributed by atoms with Gasteiger partial charge in [-0.3, -0.25) is 14.3 Å². The summed E-state index contributed by atoms with van der Waals surface area (Å²) in [6.45, 7) is 1.92. The molecule has 228 valence electrons. The van der Waals surface area contributed by atoms with Crippen molar-refractivity contribution in [1.82, 2.24) is 15.2 Å². The van der Waals surface area contributed by atoms with Gasteiger partial charge in [0.25, 0.3) is 11.8 Å². The number of aromatic nitrogens is 1. The number of hydrogen-bond acceptors (Lipinski definition) is 6. The second-order valence-corrected chi connectivity index (χ2v) is 12.3. The molecule has 0 spiro atoms. The molecule has 0 bridgehead atoms. The fourth-order valence-corrected chi connectivity index (χ4v) is 5.99. The molecule has 0 saturated carbocycles. The van der Waals surface area contributed by atoms with Crippen molar-refractivity contribution in [2.75, 3.05) is 37.2 Å². The van der Waals surface area contributed by atoms with Crippen LogP contribution in [0.25, 0.3) is 33.2 Å². The van der Waals surface area contributed by atoms with Gasteiger partial charge in [0, 0.05) is 41.6 Å². The number of hydrogen-bond donors (Lipinski definition) is 3. The summed E-state index contributed by atoms with van der Waals surface area (Å²) in [5.74, 6) is -1.82. The van der Waals surface area contributed by atoms with Crippen molar-refractivity contribution in [2.45, 2.75) is 13.0 Å². The molecule has 3 aromatic carbocycles. The minimum absolute atomic E-state index is 0.0427. The number of sulfonamides is 1. The molecule has 1 aliphatic heterocycles. The summed E-state index contributed by atoms with van der Waals surface area (Å²) in [4.78, 5) is 31.0. The van der Waals surface area contributed by atoms with Crippen LogP contribution in [0.15, 0.2) is 65.1 Å². The molecule has 2 aromatic heterocycles. The summed E-state index contributed by atoms with van der Waals surface area (Å²) in [6.07, 6.45) is -0.797. The maximum atomic E-state index is 14.3. The van der Waals surface area contributed by atoms with Crippen LogP contribution in [-0.2, 0) is 14.8 Å². The summed E-state index contributed by atoms with van der Waals surface area (Å²) < 4.78 is 68.1. The second kappa shape index (κ2) is 11.4. The lowest BCUT2D eigenvalue weighted by Crippen LogP contribution is -2.42. The molecule has 13 heteroatoms. The van der Waals surface area contributed by atoms with Crippen LogP contribution in [0.4, 0.5) is 14.5 Å². The summed E-state index contributed by atoms with van der Waals surface area (Å²) in [7, 11) is -2.30. The van der Waals surface area contributed by atoms with Gasteiger partial charge in [0.2, 0.25) is 10.0 Å². The highest BCUT2D eigenvalue weighted by Crippen LogP contribution is 2.40. The van der Waals surface area contributed by atoms with Crippen LogP contribution in [0, 0.1) is 11.6 Å². The van der Waals surface area contributed by atoms with Gasteiger partial charge in [-0.15, -0.1) is 0 Å². The summed E-state index contributed by atoms with van der Waals surface area (Å²) >= 11 is 0. The van der Waals surface area contributed by atoms with Crippen LogP contribution in [0.1, 0.15) is 39.4 Å². The Bertz CT molecular complexity index is 2020. The zero-order chi connectivity index (χ0) is 31.2. The number of nitrogens with zero attached hydrogens (tertiary/aromatic N) is 1. The third-order valence-corrected chi connectivity index (χ3v) is 8.89. The zero-order valence-corrected chi connectivity index (χ0v) is 24.6. The van der Waals surface area contributed by atoms with Gasteiger partial charge in [-0.1, -0.05) is 12.1 Å². The molecular formula is C31H28F2N4O6S. The standard InChI is InChI=1S/C31H28F2N4O6S/c1-3-44(40,41)36-23-15-25-21(27(30(38)34-2)29(43-25)17-7-9-19(32)10-8-17)14-20(23)26-16-37(11-12-42-26)31(39)24-13-18-5-4-6-22(33)28(18)35-24/h4-10,13-15,26,35-36H,3,11-12,16H2,1-2H3,(H,34,38). The monoisotopic (exact) mass is 622 g/mol. The first-order chi connectivity index (χ1) is 21.1. The Morgan fingerprint density at radius 1 is 1.09 bits per heavy atom. The summed E-state index contributed by atoms with van der Waals surface area (Å²) in [5, 5.41) is 3.52. The van der Waals surface area contributed by atoms with E-state index in [1.807, 2.05) is 0 Å². The van der Waals surface area contributed by atoms with Gasteiger partial charge in [0.05, 0.1) is 35.7 Å². The molecule has 3 heterocycles. The quantitative estimate of drug-likeness (QED) is 0.229. The fraction of sp³-hybridized carbons (Fsp3) is 0.226. The largest absolute Gasteiger partial charge is 0.455 e. The molecule has 6 rings (SSSR count). The molecule has 2 amide bonds. The molecule has 1 fully saturated rings. The number of aromatic amines is 1. The number of anilines is 1. The van der Waals surface area contributed by atoms with Gasteiger partial charge >= 0.3 is 0 Å². The van der Waals surface area contributed by atoms with Crippen LogP contribution in [0.5, 0.6) is 0 Å². The SMILES string of the molecule is CCS(=O)(=O)Nc1cc2oc(-c3ccc(F)cc3)c(C(=O)NC)c2cc1C1CN(C(=O)c2cc3cccc(F)c3[nH]2)CCO1. The highest BCUT2D eigenvalue weighted by atomic mass is 32.2. The molecule has 3 N–H and O–H groups in total. The zero-order valence-electron chi connectivity index (χ0n) is 23.7. The lowest BCUT2D eigenvalue weighted by molar-refractivity contribution is -0.0226. The normalized spacial score (nSPS) is 15.5. The minimum atomic E-state index is -3.76. The van der Waals surface area contributed by atoms with Crippen molar-refractivity contribution < 1.29 is 35.9 Å². The Labute approximate surface area is 251 Å². The lowest BCUT2D eigenvalue weighted by atomic mass is 9.99. The molecule has 10 nitrogen and oxygen atoms in total. The Hall–Kier alpha value is -4.75. The second-order valence-electron chi connectivity index (χ2n) is 10.3. The number of benzene rings is 3. The van der Waals surface area contributed by atoms with Crippen molar-refractivity contribution >= 4 is 49.4 Å². The van der Waals surface area contributed by atoms with Gasteiger partial charge in [-0.05, 0) is 49.4 Å². The number of H-pyrrole nitrogens is 1. The first-order valence-electron chi connectivity index (χ1n) is 13.9. The highest BCUT2D eigenvalue weighted by Gasteiger charge is 2.31. The van der Waals surface area contributed by atoms with E-state index in [-0.39, 0.29) is 65.2 Å². The lowest BCUT2D eigenvalue weighted by Gasteiger charge is -2.33. The number of rotatable bonds is 7. The Morgan fingerprint density at radius 2 is 1.86 bits per heavy atom. The average Bonchev–Trinajstić information content (AvgIpc) is 3.63. The summed E-state index contributed by atoms with van der Waals surface area (Å²) in [5.41, 5.74) is 1.79. The molecule has 1 aliphatic rings. The third-order valence-electron chi connectivity index (χ3n) is 7.60. The Balaban J connectivity index is 1.44. The van der Waals surface area contributed by atoms with Crippen molar-refractivity contribution in [3.63, 3.8) is 0 Å².